The van der Waals surface area contributed by atoms with Crippen LogP contribution in [0.3, 0.4) is 0 Å². The van der Waals surface area contributed by atoms with Crippen molar-refractivity contribution < 1.29 is 4.79 Å². The van der Waals surface area contributed by atoms with Crippen LogP contribution in [0.2, 0.25) is 0 Å². The number of nitrogens with one attached hydrogen (secondary N) is 1. The first-order chi connectivity index (χ1) is 8.13. The number of nitrogens with two attached hydrogens (primary N) is 1. The van der Waals surface area contributed by atoms with Crippen LogP contribution in [-0.2, 0) is 4.79 Å². The lowest BCUT2D eigenvalue weighted by atomic mass is 10.1. The largest absolute Gasteiger partial charge is 0.374 e. The van der Waals surface area contributed by atoms with Gasteiger partial charge in [-0.25, -0.2) is 0 Å². The lowest BCUT2D eigenvalue weighted by molar-refractivity contribution is -0.117. The predicted octanol–water partition coefficient (Wildman–Crippen LogP) is 1.94. The fraction of sp³-hybridized carbons (Fsp3) is 0.417. The van der Waals surface area contributed by atoms with Crippen molar-refractivity contribution in [1.82, 2.24) is 0 Å². The molecule has 1 aliphatic heterocycles. The molecule has 4 nitrogen and oxygen atoms in total. The summed E-state index contributed by atoms with van der Waals surface area (Å²) in [6, 6.07) is 6.02. The molecular weight excluding hydrogens is 282 g/mol. The molecule has 0 saturated carbocycles. The van der Waals surface area contributed by atoms with Gasteiger partial charge in [0.15, 0.2) is 0 Å². The van der Waals surface area contributed by atoms with Gasteiger partial charge < -0.3 is 16.0 Å². The molecule has 0 aliphatic carbocycles. The molecule has 0 radical (unpaired) electrons. The molecule has 0 spiro atoms. The highest BCUT2D eigenvalue weighted by atomic mass is 79.9. The van der Waals surface area contributed by atoms with Crippen molar-refractivity contribution in [2.24, 2.45) is 5.73 Å². The van der Waals surface area contributed by atoms with Crippen LogP contribution < -0.4 is 16.0 Å². The zero-order chi connectivity index (χ0) is 12.4. The second-order valence-corrected chi connectivity index (χ2v) is 5.12. The quantitative estimate of drug-likeness (QED) is 0.896. The molecule has 1 atom stereocenters. The Kier molecular flexibility index (Phi) is 3.69. The second kappa shape index (κ2) is 5.06. The molecule has 2 rings (SSSR count). The second-order valence-electron chi connectivity index (χ2n) is 4.21. The molecule has 1 amide bonds. The van der Waals surface area contributed by atoms with E-state index in [2.05, 4.69) is 21.2 Å². The number of halogens is 1. The maximum Gasteiger partial charge on any atom is 0.246 e. The molecule has 0 fully saturated rings. The predicted molar refractivity (Wildman–Crippen MR) is 73.3 cm³/mol. The number of anilines is 2. The summed E-state index contributed by atoms with van der Waals surface area (Å²) >= 11 is 3.43. The molecule has 3 N–H and O–H groups in total. The number of nitrogens with zero attached hydrogens (tertiary/aromatic N) is 1. The Balaban J connectivity index is 2.36. The van der Waals surface area contributed by atoms with Gasteiger partial charge >= 0.3 is 0 Å². The highest BCUT2D eigenvalue weighted by molar-refractivity contribution is 9.10. The lowest BCUT2D eigenvalue weighted by Crippen LogP contribution is -2.46. The third-order valence-electron chi connectivity index (χ3n) is 2.94. The van der Waals surface area contributed by atoms with Gasteiger partial charge in [0.05, 0.1) is 17.9 Å². The number of hydrogen-bond acceptors (Lipinski definition) is 3. The Bertz CT molecular complexity index is 436. The number of carbonyl (C=O) groups is 1. The van der Waals surface area contributed by atoms with Crippen molar-refractivity contribution in [3.8, 4) is 0 Å². The van der Waals surface area contributed by atoms with Crippen LogP contribution in [0.5, 0.6) is 0 Å². The van der Waals surface area contributed by atoms with E-state index in [0.29, 0.717) is 13.1 Å². The zero-order valence-electron chi connectivity index (χ0n) is 9.74. The monoisotopic (exact) mass is 297 g/mol. The standard InChI is InChI=1S/C12H16BrN3O/c1-8(4-5-14)16-11-3-2-9(13)6-10(11)15-7-12(16)17/h2-3,6,8,15H,4-5,7,14H2,1H3. The Morgan fingerprint density at radius 1 is 1.59 bits per heavy atom. The van der Waals surface area contributed by atoms with Gasteiger partial charge in [-0.2, -0.15) is 0 Å². The highest BCUT2D eigenvalue weighted by Gasteiger charge is 2.27. The minimum absolute atomic E-state index is 0.0979. The van der Waals surface area contributed by atoms with E-state index in [0.717, 1.165) is 22.3 Å². The number of carbonyl (C=O) groups excluding carboxylic acids is 1. The first-order valence-corrected chi connectivity index (χ1v) is 6.48. The van der Waals surface area contributed by atoms with Crippen LogP contribution in [0, 0.1) is 0 Å². The summed E-state index contributed by atoms with van der Waals surface area (Å²) < 4.78 is 1.00. The summed E-state index contributed by atoms with van der Waals surface area (Å²) in [5.41, 5.74) is 7.49. The lowest BCUT2D eigenvalue weighted by Gasteiger charge is -2.34. The first-order valence-electron chi connectivity index (χ1n) is 5.69. The van der Waals surface area contributed by atoms with Crippen molar-refractivity contribution in [3.05, 3.63) is 22.7 Å². The molecule has 1 unspecified atom stereocenters. The number of fused-ring (bicyclic) bond motifs is 1. The van der Waals surface area contributed by atoms with Gasteiger partial charge in [-0.05, 0) is 38.1 Å². The topological polar surface area (TPSA) is 58.4 Å². The first kappa shape index (κ1) is 12.4. The van der Waals surface area contributed by atoms with Gasteiger partial charge in [-0.1, -0.05) is 15.9 Å². The van der Waals surface area contributed by atoms with Crippen molar-refractivity contribution in [3.63, 3.8) is 0 Å². The van der Waals surface area contributed by atoms with E-state index in [1.807, 2.05) is 30.0 Å². The van der Waals surface area contributed by atoms with Crippen LogP contribution in [-0.4, -0.2) is 25.0 Å². The van der Waals surface area contributed by atoms with E-state index in [1.54, 1.807) is 0 Å². The summed E-state index contributed by atoms with van der Waals surface area (Å²) in [6.45, 7) is 2.96. The molecule has 0 bridgehead atoms. The number of benzene rings is 1. The van der Waals surface area contributed by atoms with E-state index >= 15 is 0 Å². The fourth-order valence-electron chi connectivity index (χ4n) is 2.10. The molecule has 17 heavy (non-hydrogen) atoms. The zero-order valence-corrected chi connectivity index (χ0v) is 11.3. The fourth-order valence-corrected chi connectivity index (χ4v) is 2.46. The average Bonchev–Trinajstić information content (AvgIpc) is 2.29. The molecule has 5 heteroatoms. The number of amides is 1. The SMILES string of the molecule is CC(CCN)N1C(=O)CNc2cc(Br)ccc21. The van der Waals surface area contributed by atoms with Gasteiger partial charge in [-0.15, -0.1) is 0 Å². The smallest absolute Gasteiger partial charge is 0.246 e. The van der Waals surface area contributed by atoms with E-state index < -0.39 is 0 Å². The number of rotatable bonds is 3. The molecule has 1 aromatic carbocycles. The summed E-state index contributed by atoms with van der Waals surface area (Å²) in [7, 11) is 0. The van der Waals surface area contributed by atoms with Crippen LogP contribution in [0.15, 0.2) is 22.7 Å². The van der Waals surface area contributed by atoms with Crippen molar-refractivity contribution in [2.75, 3.05) is 23.3 Å². The average molecular weight is 298 g/mol. The van der Waals surface area contributed by atoms with Crippen molar-refractivity contribution in [2.45, 2.75) is 19.4 Å². The minimum atomic E-state index is 0.0979. The Morgan fingerprint density at radius 2 is 2.35 bits per heavy atom. The molecule has 1 aliphatic rings. The Hall–Kier alpha value is -1.07. The van der Waals surface area contributed by atoms with Crippen molar-refractivity contribution in [1.29, 1.82) is 0 Å². The van der Waals surface area contributed by atoms with Crippen LogP contribution in [0.25, 0.3) is 0 Å². The van der Waals surface area contributed by atoms with Gasteiger partial charge in [0, 0.05) is 10.5 Å². The van der Waals surface area contributed by atoms with Gasteiger partial charge in [0.1, 0.15) is 0 Å². The van der Waals surface area contributed by atoms with Gasteiger partial charge in [-0.3, -0.25) is 4.79 Å². The summed E-state index contributed by atoms with van der Waals surface area (Å²) in [5, 5.41) is 3.13. The van der Waals surface area contributed by atoms with Crippen molar-refractivity contribution >= 4 is 33.2 Å². The van der Waals surface area contributed by atoms with Crippen LogP contribution in [0.1, 0.15) is 13.3 Å². The molecule has 1 aromatic rings. The molecule has 0 aromatic heterocycles. The maximum absolute atomic E-state index is 12.0. The van der Waals surface area contributed by atoms with Gasteiger partial charge in [0.25, 0.3) is 0 Å². The van der Waals surface area contributed by atoms with E-state index in [-0.39, 0.29) is 11.9 Å². The number of hydrogen-bond donors (Lipinski definition) is 2. The van der Waals surface area contributed by atoms with E-state index in [1.165, 1.54) is 0 Å². The van der Waals surface area contributed by atoms with E-state index in [9.17, 15) is 4.79 Å². The third-order valence-corrected chi connectivity index (χ3v) is 3.44. The molecular formula is C12H16BrN3O. The molecule has 0 saturated heterocycles. The molecule has 1 heterocycles. The Morgan fingerprint density at radius 3 is 3.06 bits per heavy atom. The van der Waals surface area contributed by atoms with Crippen LogP contribution in [0.4, 0.5) is 11.4 Å². The maximum atomic E-state index is 12.0. The van der Waals surface area contributed by atoms with Crippen LogP contribution >= 0.6 is 15.9 Å². The normalized spacial score (nSPS) is 16.4. The minimum Gasteiger partial charge on any atom is -0.374 e. The van der Waals surface area contributed by atoms with E-state index in [4.69, 9.17) is 5.73 Å². The summed E-state index contributed by atoms with van der Waals surface area (Å²) in [4.78, 5) is 13.8. The molecule has 92 valence electrons. The Labute approximate surface area is 109 Å². The van der Waals surface area contributed by atoms with Gasteiger partial charge in [0.2, 0.25) is 5.91 Å². The summed E-state index contributed by atoms with van der Waals surface area (Å²) in [6.07, 6.45) is 0.807. The highest BCUT2D eigenvalue weighted by Crippen LogP contribution is 2.33. The third kappa shape index (κ3) is 2.45. The summed E-state index contributed by atoms with van der Waals surface area (Å²) in [5.74, 6) is 0.0979.